The second kappa shape index (κ2) is 6.04. The molecule has 3 heteroatoms. The van der Waals surface area contributed by atoms with Crippen molar-refractivity contribution in [3.63, 3.8) is 0 Å². The molecule has 2 N–H and O–H groups in total. The maximum atomic E-state index is 5.72. The van der Waals surface area contributed by atoms with E-state index in [9.17, 15) is 0 Å². The molecule has 1 heterocycles. The highest BCUT2D eigenvalue weighted by Gasteiger charge is 2.09. The van der Waals surface area contributed by atoms with Crippen molar-refractivity contribution in [1.29, 1.82) is 0 Å². The lowest BCUT2D eigenvalue weighted by Gasteiger charge is -2.16. The van der Waals surface area contributed by atoms with E-state index in [4.69, 9.17) is 10.2 Å². The predicted octanol–water partition coefficient (Wildman–Crippen LogP) is 2.99. The van der Waals surface area contributed by atoms with E-state index in [1.54, 1.807) is 0 Å². The molecule has 0 spiro atoms. The van der Waals surface area contributed by atoms with Crippen molar-refractivity contribution in [2.45, 2.75) is 33.5 Å². The summed E-state index contributed by atoms with van der Waals surface area (Å²) in [6.07, 6.45) is 0. The topological polar surface area (TPSA) is 42.4 Å². The van der Waals surface area contributed by atoms with Gasteiger partial charge in [0.25, 0.3) is 0 Å². The molecule has 0 fully saturated rings. The quantitative estimate of drug-likeness (QED) is 0.896. The monoisotopic (exact) mass is 258 g/mol. The summed E-state index contributed by atoms with van der Waals surface area (Å²) in [6.45, 7) is 6.37. The zero-order chi connectivity index (χ0) is 13.8. The van der Waals surface area contributed by atoms with Crippen LogP contribution in [0.4, 0.5) is 0 Å². The maximum Gasteiger partial charge on any atom is 0.118 e. The van der Waals surface area contributed by atoms with Gasteiger partial charge in [0.15, 0.2) is 0 Å². The number of furan rings is 1. The molecule has 0 radical (unpaired) electrons. The molecule has 2 aromatic rings. The Morgan fingerprint density at radius 2 is 1.84 bits per heavy atom. The fourth-order valence-corrected chi connectivity index (χ4v) is 2.27. The molecule has 0 amide bonds. The average molecular weight is 258 g/mol. The molecule has 0 saturated heterocycles. The van der Waals surface area contributed by atoms with E-state index in [-0.39, 0.29) is 0 Å². The first kappa shape index (κ1) is 13.8. The summed E-state index contributed by atoms with van der Waals surface area (Å²) in [7, 11) is 2.10. The van der Waals surface area contributed by atoms with Gasteiger partial charge >= 0.3 is 0 Å². The van der Waals surface area contributed by atoms with Crippen LogP contribution in [-0.4, -0.2) is 11.9 Å². The lowest BCUT2D eigenvalue weighted by molar-refractivity contribution is 0.284. The smallest absolute Gasteiger partial charge is 0.118 e. The Bertz CT molecular complexity index is 545. The molecule has 0 saturated carbocycles. The fourth-order valence-electron chi connectivity index (χ4n) is 2.27. The van der Waals surface area contributed by atoms with Gasteiger partial charge in [-0.25, -0.2) is 0 Å². The number of hydrogen-bond donors (Lipinski definition) is 1. The molecule has 0 unspecified atom stereocenters. The molecule has 19 heavy (non-hydrogen) atoms. The van der Waals surface area contributed by atoms with Crippen molar-refractivity contribution in [2.75, 3.05) is 7.05 Å². The van der Waals surface area contributed by atoms with E-state index in [1.165, 1.54) is 11.1 Å². The van der Waals surface area contributed by atoms with E-state index >= 15 is 0 Å². The largest absolute Gasteiger partial charge is 0.465 e. The SMILES string of the molecule is Cc1ccccc1CN(C)Cc1cc(CN)c(C)o1. The van der Waals surface area contributed by atoms with Crippen LogP contribution >= 0.6 is 0 Å². The first-order valence-electron chi connectivity index (χ1n) is 6.61. The minimum absolute atomic E-state index is 0.539. The summed E-state index contributed by atoms with van der Waals surface area (Å²) in [5.41, 5.74) is 9.44. The Morgan fingerprint density at radius 1 is 1.11 bits per heavy atom. The summed E-state index contributed by atoms with van der Waals surface area (Å²) in [5, 5.41) is 0. The third-order valence-electron chi connectivity index (χ3n) is 3.42. The average Bonchev–Trinajstić information content (AvgIpc) is 2.72. The lowest BCUT2D eigenvalue weighted by atomic mass is 10.1. The molecule has 0 aliphatic carbocycles. The van der Waals surface area contributed by atoms with Crippen LogP contribution in [0, 0.1) is 13.8 Å². The number of nitrogens with zero attached hydrogens (tertiary/aromatic N) is 1. The summed E-state index contributed by atoms with van der Waals surface area (Å²) < 4.78 is 5.72. The van der Waals surface area contributed by atoms with Crippen molar-refractivity contribution >= 4 is 0 Å². The Labute approximate surface area is 115 Å². The van der Waals surface area contributed by atoms with Gasteiger partial charge in [-0.2, -0.15) is 0 Å². The maximum absolute atomic E-state index is 5.72. The number of hydrogen-bond acceptors (Lipinski definition) is 3. The number of aryl methyl sites for hydroxylation is 2. The van der Waals surface area contributed by atoms with Crippen LogP contribution in [0.1, 0.15) is 28.2 Å². The van der Waals surface area contributed by atoms with Gasteiger partial charge in [-0.15, -0.1) is 0 Å². The van der Waals surface area contributed by atoms with Gasteiger partial charge in [0.2, 0.25) is 0 Å². The van der Waals surface area contributed by atoms with Gasteiger partial charge in [-0.1, -0.05) is 24.3 Å². The molecule has 0 atom stereocenters. The van der Waals surface area contributed by atoms with Crippen LogP contribution in [0.5, 0.6) is 0 Å². The van der Waals surface area contributed by atoms with Crippen molar-refractivity contribution in [1.82, 2.24) is 4.90 Å². The Hall–Kier alpha value is -1.58. The third-order valence-corrected chi connectivity index (χ3v) is 3.42. The first-order chi connectivity index (χ1) is 9.10. The molecule has 2 rings (SSSR count). The lowest BCUT2D eigenvalue weighted by Crippen LogP contribution is -2.17. The van der Waals surface area contributed by atoms with Crippen LogP contribution in [0.2, 0.25) is 0 Å². The number of nitrogens with two attached hydrogens (primary N) is 1. The van der Waals surface area contributed by atoms with Crippen molar-refractivity contribution in [2.24, 2.45) is 5.73 Å². The molecular formula is C16H22N2O. The Morgan fingerprint density at radius 3 is 2.47 bits per heavy atom. The molecule has 102 valence electrons. The highest BCUT2D eigenvalue weighted by Crippen LogP contribution is 2.17. The van der Waals surface area contributed by atoms with E-state index in [0.29, 0.717) is 6.54 Å². The van der Waals surface area contributed by atoms with E-state index in [2.05, 4.69) is 49.2 Å². The molecule has 0 aliphatic rings. The highest BCUT2D eigenvalue weighted by atomic mass is 16.3. The van der Waals surface area contributed by atoms with Crippen molar-refractivity contribution in [3.8, 4) is 0 Å². The van der Waals surface area contributed by atoms with Gasteiger partial charge in [-0.05, 0) is 38.1 Å². The molecule has 0 aliphatic heterocycles. The number of rotatable bonds is 5. The van der Waals surface area contributed by atoms with E-state index in [1.807, 2.05) is 6.92 Å². The third kappa shape index (κ3) is 3.46. The predicted molar refractivity (Wildman–Crippen MR) is 77.7 cm³/mol. The van der Waals surface area contributed by atoms with Gasteiger partial charge in [-0.3, -0.25) is 4.90 Å². The molecule has 1 aromatic carbocycles. The van der Waals surface area contributed by atoms with Gasteiger partial charge in [0.1, 0.15) is 11.5 Å². The summed E-state index contributed by atoms with van der Waals surface area (Å²) >= 11 is 0. The first-order valence-corrected chi connectivity index (χ1v) is 6.61. The zero-order valence-corrected chi connectivity index (χ0v) is 11.9. The summed E-state index contributed by atoms with van der Waals surface area (Å²) in [5.74, 6) is 1.91. The van der Waals surface area contributed by atoms with Gasteiger partial charge in [0.05, 0.1) is 6.54 Å². The van der Waals surface area contributed by atoms with Gasteiger partial charge in [0, 0.05) is 18.7 Å². The minimum Gasteiger partial charge on any atom is -0.465 e. The zero-order valence-electron chi connectivity index (χ0n) is 11.9. The molecule has 3 nitrogen and oxygen atoms in total. The molecule has 0 bridgehead atoms. The van der Waals surface area contributed by atoms with Crippen LogP contribution in [0.15, 0.2) is 34.7 Å². The Balaban J connectivity index is 2.01. The molecule has 1 aromatic heterocycles. The summed E-state index contributed by atoms with van der Waals surface area (Å²) in [6, 6.07) is 10.5. The van der Waals surface area contributed by atoms with Gasteiger partial charge < -0.3 is 10.2 Å². The van der Waals surface area contributed by atoms with E-state index < -0.39 is 0 Å². The van der Waals surface area contributed by atoms with Crippen LogP contribution in [0.25, 0.3) is 0 Å². The van der Waals surface area contributed by atoms with E-state index in [0.717, 1.165) is 30.2 Å². The van der Waals surface area contributed by atoms with Crippen LogP contribution in [-0.2, 0) is 19.6 Å². The standard InChI is InChI=1S/C16H22N2O/c1-12-6-4-5-7-14(12)10-18(3)11-16-8-15(9-17)13(2)19-16/h4-8H,9-11,17H2,1-3H3. The second-order valence-corrected chi connectivity index (χ2v) is 5.10. The normalized spacial score (nSPS) is 11.2. The van der Waals surface area contributed by atoms with Crippen LogP contribution in [0.3, 0.4) is 0 Å². The number of benzene rings is 1. The molecular weight excluding hydrogens is 236 g/mol. The minimum atomic E-state index is 0.539. The van der Waals surface area contributed by atoms with Crippen LogP contribution < -0.4 is 5.73 Å². The van der Waals surface area contributed by atoms with Crippen molar-refractivity contribution in [3.05, 3.63) is 58.5 Å². The second-order valence-electron chi connectivity index (χ2n) is 5.10. The fraction of sp³-hybridized carbons (Fsp3) is 0.375. The Kier molecular flexibility index (Phi) is 4.40. The highest BCUT2D eigenvalue weighted by molar-refractivity contribution is 5.25. The van der Waals surface area contributed by atoms with Crippen molar-refractivity contribution < 1.29 is 4.42 Å². The summed E-state index contributed by atoms with van der Waals surface area (Å²) in [4.78, 5) is 2.25.